The van der Waals surface area contributed by atoms with Gasteiger partial charge in [-0.1, -0.05) is 0 Å². The average Bonchev–Trinajstić information content (AvgIpc) is 2.31. The first-order valence-electron chi connectivity index (χ1n) is 5.17. The van der Waals surface area contributed by atoms with Crippen molar-refractivity contribution in [3.63, 3.8) is 0 Å². The molecule has 1 saturated heterocycles. The van der Waals surface area contributed by atoms with Crippen LogP contribution in [0.1, 0.15) is 10.5 Å². The summed E-state index contributed by atoms with van der Waals surface area (Å²) in [6.07, 6.45) is 0. The van der Waals surface area contributed by atoms with E-state index in [9.17, 15) is 9.00 Å². The topological polar surface area (TPSA) is 96.5 Å². The molecule has 2 rings (SSSR count). The van der Waals surface area contributed by atoms with E-state index >= 15 is 0 Å². The van der Waals surface area contributed by atoms with Crippen LogP contribution in [0.4, 0.5) is 11.5 Å². The van der Waals surface area contributed by atoms with E-state index in [2.05, 4.69) is 4.98 Å². The molecule has 0 aliphatic carbocycles. The zero-order valence-electron chi connectivity index (χ0n) is 9.13. The van der Waals surface area contributed by atoms with Crippen molar-refractivity contribution in [2.45, 2.75) is 0 Å². The lowest BCUT2D eigenvalue weighted by molar-refractivity contribution is 0.0690. The number of hydrogen-bond donors (Lipinski definition) is 2. The molecule has 0 saturated carbocycles. The molecule has 2 heterocycles. The summed E-state index contributed by atoms with van der Waals surface area (Å²) in [5.41, 5.74) is 6.20. The van der Waals surface area contributed by atoms with Crippen LogP contribution in [0.25, 0.3) is 0 Å². The van der Waals surface area contributed by atoms with Crippen molar-refractivity contribution in [2.24, 2.45) is 0 Å². The fourth-order valence-corrected chi connectivity index (χ4v) is 2.73. The van der Waals surface area contributed by atoms with E-state index in [1.807, 2.05) is 4.90 Å². The third-order valence-electron chi connectivity index (χ3n) is 2.60. The Balaban J connectivity index is 2.27. The van der Waals surface area contributed by atoms with Gasteiger partial charge in [-0.05, 0) is 12.1 Å². The van der Waals surface area contributed by atoms with Crippen LogP contribution < -0.4 is 10.6 Å². The van der Waals surface area contributed by atoms with Gasteiger partial charge in [0.15, 0.2) is 11.5 Å². The predicted octanol–water partition coefficient (Wildman–Crippen LogP) is -0.0693. The van der Waals surface area contributed by atoms with E-state index in [-0.39, 0.29) is 5.69 Å². The van der Waals surface area contributed by atoms with Crippen LogP contribution in [0.2, 0.25) is 0 Å². The Morgan fingerprint density at radius 2 is 2.06 bits per heavy atom. The predicted molar refractivity (Wildman–Crippen MR) is 65.7 cm³/mol. The van der Waals surface area contributed by atoms with Crippen LogP contribution in [0, 0.1) is 0 Å². The van der Waals surface area contributed by atoms with Gasteiger partial charge in [0.05, 0.1) is 5.69 Å². The van der Waals surface area contributed by atoms with Crippen molar-refractivity contribution in [3.8, 4) is 0 Å². The summed E-state index contributed by atoms with van der Waals surface area (Å²) < 4.78 is 11.2. The second kappa shape index (κ2) is 4.70. The molecule has 0 bridgehead atoms. The first-order valence-corrected chi connectivity index (χ1v) is 6.66. The number of nitrogens with zero attached hydrogens (tertiary/aromatic N) is 2. The molecular weight excluding hydrogens is 242 g/mol. The van der Waals surface area contributed by atoms with Crippen molar-refractivity contribution < 1.29 is 14.1 Å². The molecule has 0 spiro atoms. The number of hydrogen-bond acceptors (Lipinski definition) is 5. The monoisotopic (exact) mass is 255 g/mol. The third kappa shape index (κ3) is 2.55. The van der Waals surface area contributed by atoms with Gasteiger partial charge in [-0.2, -0.15) is 0 Å². The van der Waals surface area contributed by atoms with Crippen LogP contribution in [0.3, 0.4) is 0 Å². The van der Waals surface area contributed by atoms with Gasteiger partial charge < -0.3 is 15.7 Å². The fraction of sp³-hybridized carbons (Fsp3) is 0.400. The summed E-state index contributed by atoms with van der Waals surface area (Å²) in [7, 11) is -0.782. The van der Waals surface area contributed by atoms with Crippen LogP contribution in [-0.4, -0.2) is 44.9 Å². The zero-order chi connectivity index (χ0) is 12.4. The molecule has 1 aromatic heterocycles. The summed E-state index contributed by atoms with van der Waals surface area (Å²) in [5, 5.41) is 8.87. The van der Waals surface area contributed by atoms with Gasteiger partial charge in [0, 0.05) is 35.4 Å². The molecule has 1 aliphatic rings. The van der Waals surface area contributed by atoms with Crippen molar-refractivity contribution in [2.75, 3.05) is 35.2 Å². The number of anilines is 2. The molecule has 0 aromatic carbocycles. The number of nitrogens with two attached hydrogens (primary N) is 1. The highest BCUT2D eigenvalue weighted by molar-refractivity contribution is 7.85. The quantitative estimate of drug-likeness (QED) is 0.768. The third-order valence-corrected chi connectivity index (χ3v) is 3.88. The van der Waals surface area contributed by atoms with Crippen molar-refractivity contribution in [3.05, 3.63) is 17.8 Å². The second-order valence-corrected chi connectivity index (χ2v) is 5.45. The number of pyridine rings is 1. The number of rotatable bonds is 2. The summed E-state index contributed by atoms with van der Waals surface area (Å²) in [4.78, 5) is 16.7. The maximum Gasteiger partial charge on any atom is 0.354 e. The average molecular weight is 255 g/mol. The largest absolute Gasteiger partial charge is 0.477 e. The molecule has 1 aliphatic heterocycles. The molecule has 0 atom stereocenters. The molecule has 1 fully saturated rings. The molecule has 17 heavy (non-hydrogen) atoms. The smallest absolute Gasteiger partial charge is 0.354 e. The molecule has 0 amide bonds. The minimum Gasteiger partial charge on any atom is -0.477 e. The van der Waals surface area contributed by atoms with Gasteiger partial charge in [0.25, 0.3) is 0 Å². The van der Waals surface area contributed by atoms with E-state index < -0.39 is 16.8 Å². The lowest BCUT2D eigenvalue weighted by Gasteiger charge is -2.28. The Morgan fingerprint density at radius 1 is 1.41 bits per heavy atom. The summed E-state index contributed by atoms with van der Waals surface area (Å²) in [6, 6.07) is 2.92. The highest BCUT2D eigenvalue weighted by atomic mass is 32.2. The van der Waals surface area contributed by atoms with Crippen molar-refractivity contribution in [1.82, 2.24) is 4.98 Å². The summed E-state index contributed by atoms with van der Waals surface area (Å²) in [6.45, 7) is 1.18. The Kier molecular flexibility index (Phi) is 3.28. The Labute approximate surface area is 101 Å². The van der Waals surface area contributed by atoms with Gasteiger partial charge in [-0.3, -0.25) is 4.21 Å². The van der Waals surface area contributed by atoms with Gasteiger partial charge in [0.2, 0.25) is 0 Å². The lowest BCUT2D eigenvalue weighted by Crippen LogP contribution is -2.38. The van der Waals surface area contributed by atoms with Crippen LogP contribution in [0.5, 0.6) is 0 Å². The number of carboxylic acids is 1. The van der Waals surface area contributed by atoms with Gasteiger partial charge in [0.1, 0.15) is 0 Å². The van der Waals surface area contributed by atoms with Crippen LogP contribution in [-0.2, 0) is 10.8 Å². The Hall–Kier alpha value is -1.63. The number of aromatic carboxylic acids is 1. The molecule has 1 aromatic rings. The van der Waals surface area contributed by atoms with Gasteiger partial charge in [-0.15, -0.1) is 0 Å². The first-order chi connectivity index (χ1) is 8.08. The molecule has 92 valence electrons. The number of carboxylic acid groups (broad SMARTS) is 1. The number of aromatic nitrogens is 1. The standard InChI is InChI=1S/C10H13N3O3S/c11-7-1-2-8(10(14)15)12-9(7)13-3-5-17(16)6-4-13/h1-2H,3-6,11H2,(H,14,15). The number of carbonyl (C=O) groups is 1. The van der Waals surface area contributed by atoms with E-state index in [1.54, 1.807) is 0 Å². The van der Waals surface area contributed by atoms with Gasteiger partial charge in [-0.25, -0.2) is 9.78 Å². The maximum atomic E-state index is 11.2. The van der Waals surface area contributed by atoms with E-state index in [0.717, 1.165) is 0 Å². The minimum atomic E-state index is -1.08. The van der Waals surface area contributed by atoms with Crippen molar-refractivity contribution in [1.29, 1.82) is 0 Å². The summed E-state index contributed by atoms with van der Waals surface area (Å²) in [5.74, 6) is 0.532. The number of nitrogen functional groups attached to an aromatic ring is 1. The van der Waals surface area contributed by atoms with Crippen LogP contribution >= 0.6 is 0 Å². The summed E-state index contributed by atoms with van der Waals surface area (Å²) >= 11 is 0. The van der Waals surface area contributed by atoms with Crippen molar-refractivity contribution >= 4 is 28.3 Å². The van der Waals surface area contributed by atoms with E-state index in [1.165, 1.54) is 12.1 Å². The molecule has 0 unspecified atom stereocenters. The SMILES string of the molecule is Nc1ccc(C(=O)O)nc1N1CCS(=O)CC1. The first kappa shape index (κ1) is 11.8. The maximum absolute atomic E-state index is 11.2. The van der Waals surface area contributed by atoms with E-state index in [0.29, 0.717) is 36.1 Å². The zero-order valence-corrected chi connectivity index (χ0v) is 9.94. The lowest BCUT2D eigenvalue weighted by atomic mass is 10.3. The molecule has 6 nitrogen and oxygen atoms in total. The fourth-order valence-electron chi connectivity index (χ4n) is 1.68. The Morgan fingerprint density at radius 3 is 2.65 bits per heavy atom. The molecular formula is C10H13N3O3S. The molecule has 3 N–H and O–H groups in total. The minimum absolute atomic E-state index is 0.0269. The Bertz CT molecular complexity index is 468. The highest BCUT2D eigenvalue weighted by Crippen LogP contribution is 2.22. The van der Waals surface area contributed by atoms with E-state index in [4.69, 9.17) is 10.8 Å². The van der Waals surface area contributed by atoms with Crippen LogP contribution in [0.15, 0.2) is 12.1 Å². The van der Waals surface area contributed by atoms with Gasteiger partial charge >= 0.3 is 5.97 Å². The molecule has 0 radical (unpaired) electrons. The molecule has 7 heteroatoms. The highest BCUT2D eigenvalue weighted by Gasteiger charge is 2.19. The normalized spacial score (nSPS) is 17.1. The second-order valence-electron chi connectivity index (χ2n) is 3.75.